The van der Waals surface area contributed by atoms with Gasteiger partial charge in [0.15, 0.2) is 11.6 Å². The fourth-order valence-electron chi connectivity index (χ4n) is 3.72. The summed E-state index contributed by atoms with van der Waals surface area (Å²) in [6, 6.07) is 18.9. The molecule has 0 spiro atoms. The number of aryl methyl sites for hydroxylation is 1. The first kappa shape index (κ1) is 23.6. The number of fused-ring (bicyclic) bond motifs is 1. The molecule has 0 saturated carbocycles. The van der Waals surface area contributed by atoms with Crippen LogP contribution in [0.3, 0.4) is 0 Å². The van der Waals surface area contributed by atoms with E-state index < -0.39 is 5.91 Å². The molecule has 4 rings (SSSR count). The van der Waals surface area contributed by atoms with Gasteiger partial charge in [0.05, 0.1) is 18.3 Å². The number of para-hydroxylation sites is 1. The van der Waals surface area contributed by atoms with Crippen molar-refractivity contribution in [1.29, 1.82) is 5.26 Å². The zero-order chi connectivity index (χ0) is 25.2. The molecule has 8 heteroatoms. The first-order valence-corrected chi connectivity index (χ1v) is 11.2. The predicted molar refractivity (Wildman–Crippen MR) is 134 cm³/mol. The third kappa shape index (κ3) is 5.04. The van der Waals surface area contributed by atoms with Crippen molar-refractivity contribution >= 4 is 28.5 Å². The number of rotatable bonds is 5. The Kier molecular flexibility index (Phi) is 6.34. The summed E-state index contributed by atoms with van der Waals surface area (Å²) in [5.74, 6) is -0.175. The number of carbonyl (C=O) groups excluding carboxylic acids is 2. The lowest BCUT2D eigenvalue weighted by Crippen LogP contribution is -2.33. The van der Waals surface area contributed by atoms with Crippen LogP contribution < -0.4 is 10.6 Å². The molecule has 0 bridgehead atoms. The van der Waals surface area contributed by atoms with Crippen molar-refractivity contribution in [2.45, 2.75) is 33.1 Å². The van der Waals surface area contributed by atoms with Gasteiger partial charge < -0.3 is 10.6 Å². The van der Waals surface area contributed by atoms with Crippen molar-refractivity contribution < 1.29 is 9.59 Å². The lowest BCUT2D eigenvalue weighted by atomic mass is 9.87. The Morgan fingerprint density at radius 3 is 2.49 bits per heavy atom. The zero-order valence-electron chi connectivity index (χ0n) is 20.1. The van der Waals surface area contributed by atoms with E-state index in [1.54, 1.807) is 12.1 Å². The summed E-state index contributed by atoms with van der Waals surface area (Å²) in [5.41, 5.74) is 3.51. The van der Waals surface area contributed by atoms with Crippen molar-refractivity contribution in [3.63, 3.8) is 0 Å². The molecule has 35 heavy (non-hydrogen) atoms. The van der Waals surface area contributed by atoms with Gasteiger partial charge in [-0.3, -0.25) is 9.59 Å². The van der Waals surface area contributed by atoms with Crippen LogP contribution >= 0.6 is 0 Å². The van der Waals surface area contributed by atoms with Crippen molar-refractivity contribution in [2.75, 3.05) is 11.9 Å². The van der Waals surface area contributed by atoms with Crippen molar-refractivity contribution in [2.24, 2.45) is 0 Å². The summed E-state index contributed by atoms with van der Waals surface area (Å²) in [6.07, 6.45) is 1.37. The minimum absolute atomic E-state index is 0.0191. The molecule has 0 saturated heterocycles. The minimum Gasteiger partial charge on any atom is -0.343 e. The van der Waals surface area contributed by atoms with Crippen molar-refractivity contribution in [1.82, 2.24) is 20.1 Å². The topological polar surface area (TPSA) is 113 Å². The molecule has 2 heterocycles. The van der Waals surface area contributed by atoms with Gasteiger partial charge >= 0.3 is 0 Å². The number of nitriles is 1. The quantitative estimate of drug-likeness (QED) is 0.456. The summed E-state index contributed by atoms with van der Waals surface area (Å²) < 4.78 is 1.42. The van der Waals surface area contributed by atoms with E-state index in [4.69, 9.17) is 0 Å². The fraction of sp³-hybridized carbons (Fsp3) is 0.222. The SMILES string of the molecule is Cc1cc(-n2ncc(C#N)c2NC(=O)CNC(=O)c2ccc(C(C)(C)C)cc2)nc2ccccc12. The molecule has 0 aliphatic rings. The zero-order valence-corrected chi connectivity index (χ0v) is 20.1. The third-order valence-electron chi connectivity index (χ3n) is 5.70. The number of hydrogen-bond acceptors (Lipinski definition) is 5. The third-order valence-corrected chi connectivity index (χ3v) is 5.70. The standard InChI is InChI=1S/C27H26N6O2/c1-17-13-23(31-22-8-6-5-7-21(17)22)33-25(19(14-28)15-30-33)32-24(34)16-29-26(35)18-9-11-20(12-10-18)27(2,3)4/h5-13,15H,16H2,1-4H3,(H,29,35)(H,32,34). The van der Waals surface area contributed by atoms with E-state index in [9.17, 15) is 14.9 Å². The average molecular weight is 467 g/mol. The molecule has 0 aliphatic heterocycles. The van der Waals surface area contributed by atoms with Gasteiger partial charge in [0, 0.05) is 10.9 Å². The molecule has 4 aromatic rings. The first-order valence-electron chi connectivity index (χ1n) is 11.2. The average Bonchev–Trinajstić information content (AvgIpc) is 3.24. The predicted octanol–water partition coefficient (Wildman–Crippen LogP) is 4.27. The van der Waals surface area contributed by atoms with Crippen molar-refractivity contribution in [3.05, 3.63) is 83.0 Å². The van der Waals surface area contributed by atoms with Crippen LogP contribution in [0.2, 0.25) is 0 Å². The second-order valence-electron chi connectivity index (χ2n) is 9.30. The molecule has 8 nitrogen and oxygen atoms in total. The molecule has 0 unspecified atom stereocenters. The Morgan fingerprint density at radius 1 is 1.09 bits per heavy atom. The molecule has 0 fully saturated rings. The van der Waals surface area contributed by atoms with Gasteiger partial charge in [-0.05, 0) is 47.7 Å². The lowest BCUT2D eigenvalue weighted by molar-refractivity contribution is -0.115. The van der Waals surface area contributed by atoms with E-state index in [1.807, 2.05) is 55.5 Å². The van der Waals surface area contributed by atoms with Gasteiger partial charge in [-0.25, -0.2) is 4.98 Å². The number of anilines is 1. The number of carbonyl (C=O) groups is 2. The van der Waals surface area contributed by atoms with Crippen LogP contribution in [-0.2, 0) is 10.2 Å². The lowest BCUT2D eigenvalue weighted by Gasteiger charge is -2.19. The van der Waals surface area contributed by atoms with Crippen LogP contribution in [0.4, 0.5) is 5.82 Å². The van der Waals surface area contributed by atoms with E-state index in [0.29, 0.717) is 11.4 Å². The minimum atomic E-state index is -0.486. The number of amides is 2. The second kappa shape index (κ2) is 9.39. The summed E-state index contributed by atoms with van der Waals surface area (Å²) >= 11 is 0. The van der Waals surface area contributed by atoms with E-state index in [0.717, 1.165) is 22.0 Å². The highest BCUT2D eigenvalue weighted by Crippen LogP contribution is 2.24. The van der Waals surface area contributed by atoms with Gasteiger partial charge in [0.25, 0.3) is 5.91 Å². The Labute approximate surface area is 203 Å². The van der Waals surface area contributed by atoms with E-state index in [2.05, 4.69) is 41.5 Å². The van der Waals surface area contributed by atoms with Crippen LogP contribution in [0.1, 0.15) is 47.8 Å². The maximum absolute atomic E-state index is 12.7. The van der Waals surface area contributed by atoms with Gasteiger partial charge in [0.2, 0.25) is 5.91 Å². The van der Waals surface area contributed by atoms with Crippen LogP contribution in [0.5, 0.6) is 0 Å². The van der Waals surface area contributed by atoms with Crippen molar-refractivity contribution in [3.8, 4) is 11.9 Å². The van der Waals surface area contributed by atoms with Gasteiger partial charge in [-0.2, -0.15) is 15.0 Å². The molecule has 2 aromatic carbocycles. The molecule has 0 atom stereocenters. The summed E-state index contributed by atoms with van der Waals surface area (Å²) in [6.45, 7) is 7.99. The van der Waals surface area contributed by atoms with Gasteiger partial charge in [-0.1, -0.05) is 51.1 Å². The Balaban J connectivity index is 1.50. The monoisotopic (exact) mass is 466 g/mol. The molecule has 2 N–H and O–H groups in total. The maximum atomic E-state index is 12.7. The smallest absolute Gasteiger partial charge is 0.251 e. The summed E-state index contributed by atoms with van der Waals surface area (Å²) in [4.78, 5) is 29.8. The highest BCUT2D eigenvalue weighted by Gasteiger charge is 2.18. The van der Waals surface area contributed by atoms with Gasteiger partial charge in [-0.15, -0.1) is 0 Å². The Morgan fingerprint density at radius 2 is 1.80 bits per heavy atom. The first-order chi connectivity index (χ1) is 16.7. The Bertz CT molecular complexity index is 1460. The van der Waals surface area contributed by atoms with Gasteiger partial charge in [0.1, 0.15) is 11.6 Å². The molecular weight excluding hydrogens is 440 g/mol. The summed E-state index contributed by atoms with van der Waals surface area (Å²) in [7, 11) is 0. The Hall–Kier alpha value is -4.51. The number of nitrogens with zero attached hydrogens (tertiary/aromatic N) is 4. The number of hydrogen-bond donors (Lipinski definition) is 2. The van der Waals surface area contributed by atoms with Crippen LogP contribution in [0.25, 0.3) is 16.7 Å². The fourth-order valence-corrected chi connectivity index (χ4v) is 3.72. The molecule has 0 radical (unpaired) electrons. The molecule has 2 aromatic heterocycles. The molecule has 0 aliphatic carbocycles. The maximum Gasteiger partial charge on any atom is 0.251 e. The number of aromatic nitrogens is 3. The van der Waals surface area contributed by atoms with E-state index in [-0.39, 0.29) is 29.2 Å². The number of nitrogens with one attached hydrogen (secondary N) is 2. The number of pyridine rings is 1. The van der Waals surface area contributed by atoms with Crippen LogP contribution in [0.15, 0.2) is 60.8 Å². The van der Waals surface area contributed by atoms with E-state index in [1.165, 1.54) is 10.9 Å². The normalized spacial score (nSPS) is 11.2. The largest absolute Gasteiger partial charge is 0.343 e. The highest BCUT2D eigenvalue weighted by molar-refractivity contribution is 5.99. The molecule has 2 amide bonds. The van der Waals surface area contributed by atoms with E-state index >= 15 is 0 Å². The number of benzene rings is 2. The van der Waals surface area contributed by atoms with Crippen LogP contribution in [0, 0.1) is 18.3 Å². The molecule has 176 valence electrons. The summed E-state index contributed by atoms with van der Waals surface area (Å²) in [5, 5.41) is 20.1. The highest BCUT2D eigenvalue weighted by atomic mass is 16.2. The second-order valence-corrected chi connectivity index (χ2v) is 9.30. The molecular formula is C27H26N6O2. The van der Waals surface area contributed by atoms with Crippen LogP contribution in [-0.4, -0.2) is 33.1 Å².